The minimum Gasteiger partial charge on any atom is -0.387 e. The maximum absolute atomic E-state index is 11.9. The Labute approximate surface area is 135 Å². The van der Waals surface area contributed by atoms with E-state index in [1.54, 1.807) is 0 Å². The minimum atomic E-state index is -0.668. The molecule has 3 N–H and O–H groups in total. The first-order valence-electron chi connectivity index (χ1n) is 7.37. The molecule has 3 atom stereocenters. The van der Waals surface area contributed by atoms with Crippen molar-refractivity contribution >= 4 is 17.4 Å². The van der Waals surface area contributed by atoms with Gasteiger partial charge in [-0.2, -0.15) is 11.3 Å². The maximum Gasteiger partial charge on any atom is 0.315 e. The zero-order chi connectivity index (χ0) is 15.9. The molecule has 0 saturated heterocycles. The molecule has 3 unspecified atom stereocenters. The summed E-state index contributed by atoms with van der Waals surface area (Å²) in [6.45, 7) is 4.27. The van der Waals surface area contributed by atoms with Gasteiger partial charge in [0, 0.05) is 18.5 Å². The molecule has 5 heteroatoms. The zero-order valence-corrected chi connectivity index (χ0v) is 13.6. The summed E-state index contributed by atoms with van der Waals surface area (Å²) in [5, 5.41) is 19.4. The minimum absolute atomic E-state index is 0.000639. The van der Waals surface area contributed by atoms with Crippen molar-refractivity contribution in [1.82, 2.24) is 10.6 Å². The van der Waals surface area contributed by atoms with Crippen LogP contribution in [0, 0.1) is 0 Å². The molecule has 2 amide bonds. The van der Waals surface area contributed by atoms with Gasteiger partial charge < -0.3 is 15.7 Å². The largest absolute Gasteiger partial charge is 0.387 e. The van der Waals surface area contributed by atoms with Gasteiger partial charge in [-0.15, -0.1) is 0 Å². The van der Waals surface area contributed by atoms with Gasteiger partial charge in [0.2, 0.25) is 0 Å². The number of nitrogens with one attached hydrogen (secondary N) is 2. The lowest BCUT2D eigenvalue weighted by atomic mass is 9.95. The lowest BCUT2D eigenvalue weighted by molar-refractivity contribution is 0.173. The number of hydrogen-bond donors (Lipinski definition) is 3. The molecule has 22 heavy (non-hydrogen) atoms. The van der Waals surface area contributed by atoms with Crippen molar-refractivity contribution in [3.63, 3.8) is 0 Å². The van der Waals surface area contributed by atoms with Crippen LogP contribution in [0.2, 0.25) is 0 Å². The molecule has 0 bridgehead atoms. The van der Waals surface area contributed by atoms with E-state index in [0.717, 1.165) is 5.56 Å². The first-order valence-corrected chi connectivity index (χ1v) is 8.31. The van der Waals surface area contributed by atoms with Gasteiger partial charge in [-0.1, -0.05) is 37.3 Å². The lowest BCUT2D eigenvalue weighted by Crippen LogP contribution is -2.44. The fourth-order valence-corrected chi connectivity index (χ4v) is 2.91. The average Bonchev–Trinajstić information content (AvgIpc) is 3.07. The molecule has 0 saturated carbocycles. The third kappa shape index (κ3) is 4.58. The lowest BCUT2D eigenvalue weighted by Gasteiger charge is -2.22. The summed E-state index contributed by atoms with van der Waals surface area (Å²) in [7, 11) is 0. The molecule has 2 aromatic rings. The Morgan fingerprint density at radius 1 is 1.18 bits per heavy atom. The second-order valence-electron chi connectivity index (χ2n) is 5.41. The summed E-state index contributed by atoms with van der Waals surface area (Å²) >= 11 is 1.53. The van der Waals surface area contributed by atoms with E-state index in [-0.39, 0.29) is 24.5 Å². The molecule has 0 aliphatic rings. The zero-order valence-electron chi connectivity index (χ0n) is 12.8. The molecular weight excluding hydrogens is 296 g/mol. The second-order valence-corrected chi connectivity index (χ2v) is 6.19. The number of carbonyl (C=O) groups is 1. The molecule has 4 nitrogen and oxygen atoms in total. The van der Waals surface area contributed by atoms with Gasteiger partial charge in [0.25, 0.3) is 0 Å². The van der Waals surface area contributed by atoms with Gasteiger partial charge in [0.15, 0.2) is 0 Å². The number of carbonyl (C=O) groups excluding carboxylic acids is 1. The monoisotopic (exact) mass is 318 g/mol. The first kappa shape index (κ1) is 16.5. The van der Waals surface area contributed by atoms with Crippen LogP contribution in [0.25, 0.3) is 0 Å². The van der Waals surface area contributed by atoms with Gasteiger partial charge >= 0.3 is 6.03 Å². The van der Waals surface area contributed by atoms with E-state index in [1.807, 2.05) is 41.9 Å². The van der Waals surface area contributed by atoms with Crippen LogP contribution in [0.15, 0.2) is 47.2 Å². The van der Waals surface area contributed by atoms with E-state index in [4.69, 9.17) is 0 Å². The predicted octanol–water partition coefficient (Wildman–Crippen LogP) is 3.27. The topological polar surface area (TPSA) is 61.4 Å². The van der Waals surface area contributed by atoms with Crippen LogP contribution < -0.4 is 10.6 Å². The second kappa shape index (κ2) is 7.96. The highest BCUT2D eigenvalue weighted by Gasteiger charge is 2.17. The standard InChI is InChI=1S/C17H22N2O2S/c1-12(14-6-4-3-5-7-14)13(2)19-17(21)18-10-16(20)15-8-9-22-11-15/h3-9,11-13,16,20H,10H2,1-2H3,(H2,18,19,21). The highest BCUT2D eigenvalue weighted by atomic mass is 32.1. The fraction of sp³-hybridized carbons (Fsp3) is 0.353. The molecule has 1 aromatic carbocycles. The summed E-state index contributed by atoms with van der Waals surface area (Å²) in [4.78, 5) is 11.9. The highest BCUT2D eigenvalue weighted by molar-refractivity contribution is 7.07. The molecule has 0 radical (unpaired) electrons. The van der Waals surface area contributed by atoms with Crippen LogP contribution in [0.3, 0.4) is 0 Å². The van der Waals surface area contributed by atoms with Crippen LogP contribution in [0.1, 0.15) is 37.0 Å². The average molecular weight is 318 g/mol. The van der Waals surface area contributed by atoms with Crippen molar-refractivity contribution in [3.05, 3.63) is 58.3 Å². The van der Waals surface area contributed by atoms with E-state index >= 15 is 0 Å². The van der Waals surface area contributed by atoms with E-state index in [9.17, 15) is 9.90 Å². The Bertz CT molecular complexity index is 572. The maximum atomic E-state index is 11.9. The Morgan fingerprint density at radius 3 is 2.55 bits per heavy atom. The Balaban J connectivity index is 1.79. The molecular formula is C17H22N2O2S. The van der Waals surface area contributed by atoms with Crippen molar-refractivity contribution in [2.24, 2.45) is 0 Å². The number of urea groups is 1. The quantitative estimate of drug-likeness (QED) is 0.765. The van der Waals surface area contributed by atoms with Crippen molar-refractivity contribution in [2.75, 3.05) is 6.54 Å². The van der Waals surface area contributed by atoms with E-state index < -0.39 is 6.10 Å². The van der Waals surface area contributed by atoms with Gasteiger partial charge in [-0.25, -0.2) is 4.79 Å². The smallest absolute Gasteiger partial charge is 0.315 e. The van der Waals surface area contributed by atoms with Crippen LogP contribution in [0.4, 0.5) is 4.79 Å². The predicted molar refractivity (Wildman–Crippen MR) is 90.1 cm³/mol. The molecule has 0 aliphatic heterocycles. The molecule has 0 aliphatic carbocycles. The van der Waals surface area contributed by atoms with Crippen molar-refractivity contribution in [3.8, 4) is 0 Å². The van der Waals surface area contributed by atoms with Crippen LogP contribution >= 0.6 is 11.3 Å². The number of thiophene rings is 1. The molecule has 118 valence electrons. The van der Waals surface area contributed by atoms with Gasteiger partial charge in [-0.05, 0) is 34.9 Å². The number of benzene rings is 1. The number of rotatable bonds is 6. The molecule has 2 rings (SSSR count). The molecule has 1 heterocycles. The molecule has 1 aromatic heterocycles. The van der Waals surface area contributed by atoms with Gasteiger partial charge in [0.1, 0.15) is 0 Å². The molecule has 0 spiro atoms. The van der Waals surface area contributed by atoms with E-state index in [2.05, 4.69) is 29.7 Å². The van der Waals surface area contributed by atoms with Gasteiger partial charge in [0.05, 0.1) is 6.10 Å². The SMILES string of the molecule is CC(NC(=O)NCC(O)c1ccsc1)C(C)c1ccccc1. The fourth-order valence-electron chi connectivity index (χ4n) is 2.20. The normalized spacial score (nSPS) is 14.9. The summed E-state index contributed by atoms with van der Waals surface area (Å²) in [6, 6.07) is 11.7. The number of aliphatic hydroxyl groups excluding tert-OH is 1. The van der Waals surface area contributed by atoms with Crippen LogP contribution in [-0.2, 0) is 0 Å². The van der Waals surface area contributed by atoms with Gasteiger partial charge in [-0.3, -0.25) is 0 Å². The Hall–Kier alpha value is -1.85. The highest BCUT2D eigenvalue weighted by Crippen LogP contribution is 2.18. The van der Waals surface area contributed by atoms with Crippen molar-refractivity contribution in [2.45, 2.75) is 31.9 Å². The summed E-state index contributed by atoms with van der Waals surface area (Å²) in [6.07, 6.45) is -0.668. The first-order chi connectivity index (χ1) is 10.6. The van der Waals surface area contributed by atoms with Crippen molar-refractivity contribution in [1.29, 1.82) is 0 Å². The summed E-state index contributed by atoms with van der Waals surface area (Å²) in [5.41, 5.74) is 2.02. The Kier molecular flexibility index (Phi) is 5.98. The summed E-state index contributed by atoms with van der Waals surface area (Å²) in [5.74, 6) is 0.216. The van der Waals surface area contributed by atoms with Crippen LogP contribution in [0.5, 0.6) is 0 Å². The number of hydrogen-bond acceptors (Lipinski definition) is 3. The van der Waals surface area contributed by atoms with Crippen LogP contribution in [-0.4, -0.2) is 23.7 Å². The van der Waals surface area contributed by atoms with Crippen molar-refractivity contribution < 1.29 is 9.90 Å². The summed E-state index contributed by atoms with van der Waals surface area (Å²) < 4.78 is 0. The third-order valence-corrected chi connectivity index (χ3v) is 4.52. The molecule has 0 fully saturated rings. The van der Waals surface area contributed by atoms with E-state index in [1.165, 1.54) is 16.9 Å². The number of aliphatic hydroxyl groups is 1. The number of amides is 2. The van der Waals surface area contributed by atoms with E-state index in [0.29, 0.717) is 0 Å². The Morgan fingerprint density at radius 2 is 1.91 bits per heavy atom. The third-order valence-electron chi connectivity index (χ3n) is 3.82.